The number of imide groups is 1. The average Bonchev–Trinajstić information content (AvgIpc) is 3.44. The van der Waals surface area contributed by atoms with Crippen LogP contribution in [0, 0.1) is 0 Å². The largest absolute Gasteiger partial charge is 0.406 e. The van der Waals surface area contributed by atoms with Gasteiger partial charge in [0.1, 0.15) is 6.54 Å². The number of rotatable bonds is 4. The third kappa shape index (κ3) is 3.82. The smallest absolute Gasteiger partial charge is 0.337 e. The third-order valence-corrected chi connectivity index (χ3v) is 7.50. The quantitative estimate of drug-likeness (QED) is 0.559. The third-order valence-electron chi connectivity index (χ3n) is 7.50. The summed E-state index contributed by atoms with van der Waals surface area (Å²) >= 11 is 0. The van der Waals surface area contributed by atoms with Gasteiger partial charge in [-0.1, -0.05) is 12.1 Å². The molecule has 0 radical (unpaired) electrons. The lowest BCUT2D eigenvalue weighted by molar-refractivity contribution is -0.134. The maximum atomic E-state index is 13.3. The molecular formula is C25H23F3N6O3. The van der Waals surface area contributed by atoms with Gasteiger partial charge in [-0.3, -0.25) is 14.9 Å². The van der Waals surface area contributed by atoms with Crippen LogP contribution in [0.3, 0.4) is 0 Å². The van der Waals surface area contributed by atoms with E-state index >= 15 is 0 Å². The van der Waals surface area contributed by atoms with Crippen LogP contribution in [0.25, 0.3) is 5.65 Å². The first kappa shape index (κ1) is 23.4. The zero-order valence-corrected chi connectivity index (χ0v) is 20.0. The molecule has 2 fully saturated rings. The zero-order chi connectivity index (χ0) is 26.3. The Labute approximate surface area is 209 Å². The first-order valence-electron chi connectivity index (χ1n) is 11.9. The first-order chi connectivity index (χ1) is 17.4. The molecular weight excluding hydrogens is 489 g/mol. The van der Waals surface area contributed by atoms with Gasteiger partial charge in [-0.2, -0.15) is 18.3 Å². The Morgan fingerprint density at radius 2 is 1.92 bits per heavy atom. The molecule has 0 bridgehead atoms. The van der Waals surface area contributed by atoms with Gasteiger partial charge in [0.2, 0.25) is 11.8 Å². The number of aromatic nitrogens is 3. The molecule has 1 aliphatic carbocycles. The number of urea groups is 1. The molecule has 2 aromatic heterocycles. The molecule has 12 heteroatoms. The van der Waals surface area contributed by atoms with Crippen LogP contribution in [0.4, 0.5) is 23.7 Å². The SMILES string of the molecule is CC1(C)C(=O)N(CC(F)(F)F)c2cc([C@H]3C[C@@H]3c3cc(C4CNC(=O)NC4=O)nn4ccnc34)ccc21. The van der Waals surface area contributed by atoms with Crippen LogP contribution >= 0.6 is 0 Å². The van der Waals surface area contributed by atoms with Crippen molar-refractivity contribution >= 4 is 29.2 Å². The van der Waals surface area contributed by atoms with Crippen LogP contribution in [0.15, 0.2) is 36.7 Å². The summed E-state index contributed by atoms with van der Waals surface area (Å²) in [6, 6.07) is 6.61. The first-order valence-corrected chi connectivity index (χ1v) is 11.9. The summed E-state index contributed by atoms with van der Waals surface area (Å²) < 4.78 is 41.4. The number of alkyl halides is 3. The molecule has 2 aliphatic heterocycles. The molecule has 1 saturated heterocycles. The van der Waals surface area contributed by atoms with Crippen LogP contribution < -0.4 is 15.5 Å². The molecule has 37 heavy (non-hydrogen) atoms. The number of amides is 4. The Kier molecular flexibility index (Phi) is 4.92. The second-order valence-corrected chi connectivity index (χ2v) is 10.3. The molecule has 4 amide bonds. The molecule has 0 spiro atoms. The monoisotopic (exact) mass is 512 g/mol. The predicted octanol–water partition coefficient (Wildman–Crippen LogP) is 3.11. The van der Waals surface area contributed by atoms with E-state index in [0.29, 0.717) is 22.6 Å². The summed E-state index contributed by atoms with van der Waals surface area (Å²) in [5.41, 5.74) is 2.66. The van der Waals surface area contributed by atoms with Crippen molar-refractivity contribution in [2.45, 2.75) is 49.6 Å². The number of carbonyl (C=O) groups excluding carboxylic acids is 3. The minimum absolute atomic E-state index is 0.00660. The van der Waals surface area contributed by atoms with Crippen LogP contribution in [-0.4, -0.2) is 51.7 Å². The van der Waals surface area contributed by atoms with E-state index in [-0.39, 0.29) is 18.4 Å². The number of halogens is 3. The Balaban J connectivity index is 1.34. The Bertz CT molecular complexity index is 1480. The molecule has 1 unspecified atom stereocenters. The number of carbonyl (C=O) groups is 3. The summed E-state index contributed by atoms with van der Waals surface area (Å²) in [6.45, 7) is 2.07. The van der Waals surface area contributed by atoms with Crippen LogP contribution in [0.2, 0.25) is 0 Å². The fourth-order valence-corrected chi connectivity index (χ4v) is 5.51. The zero-order valence-electron chi connectivity index (χ0n) is 20.0. The molecule has 9 nitrogen and oxygen atoms in total. The van der Waals surface area contributed by atoms with Gasteiger partial charge in [0.25, 0.3) is 0 Å². The molecule has 4 heterocycles. The van der Waals surface area contributed by atoms with Gasteiger partial charge in [-0.25, -0.2) is 14.3 Å². The minimum Gasteiger partial charge on any atom is -0.337 e. The Morgan fingerprint density at radius 3 is 2.65 bits per heavy atom. The standard InChI is InChI=1S/C25H23F3N6O3/c1-24(2)17-4-3-12(7-19(17)33(22(24)36)11-25(26,27)28)13-8-14(13)15-9-18(32-34-6-5-29-20(15)34)16-10-30-23(37)31-21(16)35/h3-7,9,13-14,16H,8,10-11H2,1-2H3,(H2,30,31,35,37)/t13-,14+,16?/m1/s1. The molecule has 192 valence electrons. The molecule has 3 atom stereocenters. The van der Waals surface area contributed by atoms with E-state index in [1.807, 2.05) is 12.1 Å². The van der Waals surface area contributed by atoms with E-state index in [1.165, 1.54) is 0 Å². The Morgan fingerprint density at radius 1 is 1.14 bits per heavy atom. The van der Waals surface area contributed by atoms with Crippen molar-refractivity contribution in [3.63, 3.8) is 0 Å². The highest BCUT2D eigenvalue weighted by molar-refractivity contribution is 6.07. The Hall–Kier alpha value is -3.96. The fraction of sp³-hybridized carbons (Fsp3) is 0.400. The molecule has 3 aliphatic rings. The highest BCUT2D eigenvalue weighted by Crippen LogP contribution is 2.57. The number of hydrogen-bond acceptors (Lipinski definition) is 5. The van der Waals surface area contributed by atoms with E-state index in [9.17, 15) is 27.6 Å². The van der Waals surface area contributed by atoms with Crippen molar-refractivity contribution in [1.29, 1.82) is 0 Å². The van der Waals surface area contributed by atoms with E-state index in [4.69, 9.17) is 0 Å². The van der Waals surface area contributed by atoms with E-state index < -0.39 is 41.9 Å². The summed E-state index contributed by atoms with van der Waals surface area (Å²) in [5, 5.41) is 9.37. The second kappa shape index (κ2) is 7.77. The minimum atomic E-state index is -4.52. The normalized spacial score (nSPS) is 24.7. The number of nitrogens with zero attached hydrogens (tertiary/aromatic N) is 4. The number of fused-ring (bicyclic) bond motifs is 2. The lowest BCUT2D eigenvalue weighted by Crippen LogP contribution is -2.51. The van der Waals surface area contributed by atoms with Gasteiger partial charge in [-0.05, 0) is 55.4 Å². The molecule has 2 N–H and O–H groups in total. The number of imidazole rings is 1. The van der Waals surface area contributed by atoms with Crippen LogP contribution in [0.5, 0.6) is 0 Å². The highest BCUT2D eigenvalue weighted by atomic mass is 19.4. The lowest BCUT2D eigenvalue weighted by atomic mass is 9.85. The van der Waals surface area contributed by atoms with Crippen molar-refractivity contribution in [3.05, 3.63) is 59.0 Å². The summed E-state index contributed by atoms with van der Waals surface area (Å²) in [7, 11) is 0. The summed E-state index contributed by atoms with van der Waals surface area (Å²) in [5.74, 6) is -1.66. The van der Waals surface area contributed by atoms with Gasteiger partial charge < -0.3 is 10.2 Å². The molecule has 3 aromatic rings. The van der Waals surface area contributed by atoms with Crippen molar-refractivity contribution < 1.29 is 27.6 Å². The fourth-order valence-electron chi connectivity index (χ4n) is 5.51. The van der Waals surface area contributed by atoms with Crippen LogP contribution in [-0.2, 0) is 15.0 Å². The van der Waals surface area contributed by atoms with Gasteiger partial charge in [-0.15, -0.1) is 0 Å². The van der Waals surface area contributed by atoms with Gasteiger partial charge >= 0.3 is 12.2 Å². The maximum absolute atomic E-state index is 13.3. The summed E-state index contributed by atoms with van der Waals surface area (Å²) in [6.07, 6.45) is -0.504. The highest BCUT2D eigenvalue weighted by Gasteiger charge is 2.49. The molecule has 1 aromatic carbocycles. The lowest BCUT2D eigenvalue weighted by Gasteiger charge is -2.22. The van der Waals surface area contributed by atoms with E-state index in [0.717, 1.165) is 22.4 Å². The number of benzene rings is 1. The topological polar surface area (TPSA) is 109 Å². The van der Waals surface area contributed by atoms with Gasteiger partial charge in [0.15, 0.2) is 5.65 Å². The van der Waals surface area contributed by atoms with Crippen molar-refractivity contribution in [2.75, 3.05) is 18.0 Å². The predicted molar refractivity (Wildman–Crippen MR) is 125 cm³/mol. The number of anilines is 1. The number of nitrogens with one attached hydrogen (secondary N) is 2. The van der Waals surface area contributed by atoms with Crippen LogP contribution in [0.1, 0.15) is 60.4 Å². The molecule has 1 saturated carbocycles. The van der Waals surface area contributed by atoms with E-state index in [2.05, 4.69) is 20.7 Å². The number of hydrogen-bond donors (Lipinski definition) is 2. The summed E-state index contributed by atoms with van der Waals surface area (Å²) in [4.78, 5) is 42.0. The van der Waals surface area contributed by atoms with Crippen molar-refractivity contribution in [2.24, 2.45) is 0 Å². The van der Waals surface area contributed by atoms with E-state index in [1.54, 1.807) is 42.9 Å². The second-order valence-electron chi connectivity index (χ2n) is 10.3. The van der Waals surface area contributed by atoms with Crippen molar-refractivity contribution in [3.8, 4) is 0 Å². The van der Waals surface area contributed by atoms with Gasteiger partial charge in [0, 0.05) is 30.2 Å². The average molecular weight is 512 g/mol. The van der Waals surface area contributed by atoms with Crippen molar-refractivity contribution in [1.82, 2.24) is 25.2 Å². The molecule has 6 rings (SSSR count). The van der Waals surface area contributed by atoms with Gasteiger partial charge in [0.05, 0.1) is 17.0 Å². The maximum Gasteiger partial charge on any atom is 0.406 e.